The third-order valence-corrected chi connectivity index (χ3v) is 5.62. The maximum Gasteiger partial charge on any atom is 0.306 e. The number of hydrogen-bond acceptors (Lipinski definition) is 6. The normalized spacial score (nSPS) is 18.0. The van der Waals surface area contributed by atoms with E-state index in [1.165, 1.54) is 7.11 Å². The maximum atomic E-state index is 12.5. The third-order valence-electron chi connectivity index (χ3n) is 3.86. The minimum atomic E-state index is -3.63. The number of benzene rings is 1. The predicted octanol–water partition coefficient (Wildman–Crippen LogP) is 1.79. The fourth-order valence-electron chi connectivity index (χ4n) is 2.77. The summed E-state index contributed by atoms with van der Waals surface area (Å²) < 4.78 is 35.6. The molecule has 1 aliphatic heterocycles. The molecule has 0 spiro atoms. The lowest BCUT2D eigenvalue weighted by atomic mass is 10.0. The van der Waals surface area contributed by atoms with Gasteiger partial charge in [-0.15, -0.1) is 0 Å². The Balaban J connectivity index is 2.57. The zero-order chi connectivity index (χ0) is 17.0. The molecule has 0 bridgehead atoms. The van der Waals surface area contributed by atoms with E-state index < -0.39 is 22.5 Å². The number of aliphatic hydroxyl groups excluding tert-OH is 1. The number of methoxy groups -OCH3 is 1. The smallest absolute Gasteiger partial charge is 0.306 e. The number of hydrogen-bond donors (Lipinski definition) is 1. The van der Waals surface area contributed by atoms with Gasteiger partial charge in [-0.25, -0.2) is 8.42 Å². The summed E-state index contributed by atoms with van der Waals surface area (Å²) in [5, 5.41) is 9.05. The number of carbonyl (C=O) groups excluding carboxylic acids is 1. The number of carbonyl (C=O) groups is 1. The van der Waals surface area contributed by atoms with Crippen LogP contribution in [0.1, 0.15) is 43.4 Å². The first-order valence-corrected chi connectivity index (χ1v) is 9.32. The quantitative estimate of drug-likeness (QED) is 0.760. The Morgan fingerprint density at radius 3 is 2.65 bits per heavy atom. The van der Waals surface area contributed by atoms with Crippen LogP contribution in [0.25, 0.3) is 0 Å². The highest BCUT2D eigenvalue weighted by Crippen LogP contribution is 2.37. The molecular formula is C16H22O6S. The van der Waals surface area contributed by atoms with Gasteiger partial charge in [-0.1, -0.05) is 13.3 Å². The average molecular weight is 342 g/mol. The van der Waals surface area contributed by atoms with Gasteiger partial charge in [0, 0.05) is 12.0 Å². The number of aliphatic hydroxyl groups is 1. The molecule has 1 saturated heterocycles. The van der Waals surface area contributed by atoms with Gasteiger partial charge in [-0.05, 0) is 30.5 Å². The Morgan fingerprint density at radius 1 is 1.39 bits per heavy atom. The minimum Gasteiger partial charge on any atom is -0.496 e. The average Bonchev–Trinajstić information content (AvgIpc) is 2.94. The topological polar surface area (TPSA) is 89.9 Å². The molecule has 128 valence electrons. The first-order chi connectivity index (χ1) is 10.9. The van der Waals surface area contributed by atoms with Crippen LogP contribution in [0, 0.1) is 0 Å². The summed E-state index contributed by atoms with van der Waals surface area (Å²) in [6.07, 6.45) is 1.70. The van der Waals surface area contributed by atoms with Crippen LogP contribution in [0.4, 0.5) is 0 Å². The van der Waals surface area contributed by atoms with Crippen molar-refractivity contribution in [2.24, 2.45) is 0 Å². The highest BCUT2D eigenvalue weighted by molar-refractivity contribution is 7.91. The molecule has 1 atom stereocenters. The van der Waals surface area contributed by atoms with Crippen molar-refractivity contribution in [1.29, 1.82) is 0 Å². The van der Waals surface area contributed by atoms with Gasteiger partial charge in [0.1, 0.15) is 11.9 Å². The number of ether oxygens (including phenoxy) is 2. The third kappa shape index (κ3) is 3.84. The van der Waals surface area contributed by atoms with E-state index in [2.05, 4.69) is 0 Å². The Labute approximate surface area is 136 Å². The Bertz CT molecular complexity index is 680. The molecule has 23 heavy (non-hydrogen) atoms. The SMILES string of the molecule is CCCc1c(OC)cc(C2CCC(=O)O2)cc1S(=O)(=O)CCO. The highest BCUT2D eigenvalue weighted by atomic mass is 32.2. The highest BCUT2D eigenvalue weighted by Gasteiger charge is 2.29. The number of sulfone groups is 1. The van der Waals surface area contributed by atoms with Crippen LogP contribution < -0.4 is 4.74 Å². The van der Waals surface area contributed by atoms with Gasteiger partial charge in [0.2, 0.25) is 0 Å². The molecule has 1 aliphatic rings. The van der Waals surface area contributed by atoms with Crippen LogP contribution in [0.3, 0.4) is 0 Å². The Hall–Kier alpha value is -1.60. The molecule has 2 rings (SSSR count). The molecule has 1 aromatic rings. The van der Waals surface area contributed by atoms with Crippen molar-refractivity contribution in [2.75, 3.05) is 19.5 Å². The lowest BCUT2D eigenvalue weighted by molar-refractivity contribution is -0.141. The van der Waals surface area contributed by atoms with Crippen LogP contribution in [0.2, 0.25) is 0 Å². The van der Waals surface area contributed by atoms with Crippen molar-refractivity contribution in [3.05, 3.63) is 23.3 Å². The summed E-state index contributed by atoms with van der Waals surface area (Å²) in [5.74, 6) is -0.156. The molecule has 1 fully saturated rings. The van der Waals surface area contributed by atoms with Crippen LogP contribution in [-0.2, 0) is 25.8 Å². The van der Waals surface area contributed by atoms with E-state index in [-0.39, 0.29) is 16.6 Å². The predicted molar refractivity (Wildman–Crippen MR) is 84.2 cm³/mol. The molecule has 1 unspecified atom stereocenters. The van der Waals surface area contributed by atoms with Gasteiger partial charge < -0.3 is 14.6 Å². The summed E-state index contributed by atoms with van der Waals surface area (Å²) in [4.78, 5) is 11.5. The van der Waals surface area contributed by atoms with Gasteiger partial charge in [0.25, 0.3) is 0 Å². The maximum absolute atomic E-state index is 12.5. The molecule has 0 saturated carbocycles. The molecule has 7 heteroatoms. The Morgan fingerprint density at radius 2 is 2.13 bits per heavy atom. The van der Waals surface area contributed by atoms with Crippen molar-refractivity contribution in [2.45, 2.75) is 43.6 Å². The molecule has 1 N–H and O–H groups in total. The van der Waals surface area contributed by atoms with Crippen LogP contribution in [0.5, 0.6) is 5.75 Å². The second kappa shape index (κ2) is 7.31. The summed E-state index contributed by atoms with van der Waals surface area (Å²) in [5.41, 5.74) is 1.22. The van der Waals surface area contributed by atoms with Crippen LogP contribution in [0.15, 0.2) is 17.0 Å². The van der Waals surface area contributed by atoms with Crippen molar-refractivity contribution >= 4 is 15.8 Å². The molecule has 0 amide bonds. The second-order valence-corrected chi connectivity index (χ2v) is 7.59. The molecule has 1 aromatic carbocycles. The van der Waals surface area contributed by atoms with Crippen LogP contribution >= 0.6 is 0 Å². The summed E-state index contributed by atoms with van der Waals surface area (Å²) in [6.45, 7) is 1.51. The van der Waals surface area contributed by atoms with E-state index in [4.69, 9.17) is 14.6 Å². The van der Waals surface area contributed by atoms with Gasteiger partial charge in [-0.2, -0.15) is 0 Å². The second-order valence-electron chi connectivity index (χ2n) is 5.51. The van der Waals surface area contributed by atoms with E-state index in [0.717, 1.165) is 6.42 Å². The minimum absolute atomic E-state index is 0.158. The first-order valence-electron chi connectivity index (χ1n) is 7.66. The zero-order valence-electron chi connectivity index (χ0n) is 13.4. The molecule has 0 aromatic heterocycles. The van der Waals surface area contributed by atoms with Gasteiger partial charge >= 0.3 is 5.97 Å². The summed E-state index contributed by atoms with van der Waals surface area (Å²) >= 11 is 0. The van der Waals surface area contributed by atoms with Crippen molar-refractivity contribution in [3.63, 3.8) is 0 Å². The number of rotatable bonds is 7. The molecule has 0 aliphatic carbocycles. The lowest BCUT2D eigenvalue weighted by Gasteiger charge is -2.18. The van der Waals surface area contributed by atoms with E-state index in [1.54, 1.807) is 12.1 Å². The molecule has 6 nitrogen and oxygen atoms in total. The van der Waals surface area contributed by atoms with Crippen molar-refractivity contribution in [3.8, 4) is 5.75 Å². The largest absolute Gasteiger partial charge is 0.496 e. The monoisotopic (exact) mass is 342 g/mol. The van der Waals surface area contributed by atoms with E-state index in [1.807, 2.05) is 6.92 Å². The molecule has 1 heterocycles. The fourth-order valence-corrected chi connectivity index (χ4v) is 4.13. The fraction of sp³-hybridized carbons (Fsp3) is 0.562. The lowest BCUT2D eigenvalue weighted by Crippen LogP contribution is -2.14. The van der Waals surface area contributed by atoms with E-state index in [9.17, 15) is 13.2 Å². The molecule has 0 radical (unpaired) electrons. The standard InChI is InChI=1S/C16H22O6S/c1-3-4-12-14(21-2)9-11(13-5-6-16(18)22-13)10-15(12)23(19,20)8-7-17/h9-10,13,17H,3-8H2,1-2H3. The van der Waals surface area contributed by atoms with Gasteiger partial charge in [0.15, 0.2) is 9.84 Å². The summed E-state index contributed by atoms with van der Waals surface area (Å²) in [6, 6.07) is 3.30. The van der Waals surface area contributed by atoms with E-state index >= 15 is 0 Å². The Kier molecular flexibility index (Phi) is 5.64. The summed E-state index contributed by atoms with van der Waals surface area (Å²) in [7, 11) is -2.14. The first kappa shape index (κ1) is 17.7. The number of cyclic esters (lactones) is 1. The number of esters is 1. The molecular weight excluding hydrogens is 320 g/mol. The van der Waals surface area contributed by atoms with Gasteiger partial charge in [0.05, 0.1) is 24.4 Å². The van der Waals surface area contributed by atoms with Crippen molar-refractivity contribution < 1.29 is 27.8 Å². The van der Waals surface area contributed by atoms with E-state index in [0.29, 0.717) is 36.1 Å². The van der Waals surface area contributed by atoms with Crippen molar-refractivity contribution in [1.82, 2.24) is 0 Å². The zero-order valence-corrected chi connectivity index (χ0v) is 14.2. The van der Waals surface area contributed by atoms with Gasteiger partial charge in [-0.3, -0.25) is 4.79 Å². The van der Waals surface area contributed by atoms with Crippen LogP contribution in [-0.4, -0.2) is 39.0 Å².